The summed E-state index contributed by atoms with van der Waals surface area (Å²) >= 11 is 0. The van der Waals surface area contributed by atoms with Crippen molar-refractivity contribution in [3.63, 3.8) is 0 Å². The Balaban J connectivity index is 1.16. The zero-order valence-electron chi connectivity index (χ0n) is 17.6. The van der Waals surface area contributed by atoms with Crippen LogP contribution in [0.2, 0.25) is 0 Å². The van der Waals surface area contributed by atoms with E-state index < -0.39 is 23.4 Å². The number of amides is 3. The quantitative estimate of drug-likeness (QED) is 0.540. The number of carbonyl (C=O) groups is 2. The summed E-state index contributed by atoms with van der Waals surface area (Å²) in [6.07, 6.45) is 2.21. The molecule has 1 aromatic heterocycles. The fourth-order valence-electron chi connectivity index (χ4n) is 4.47. The molecule has 2 aliphatic heterocycles. The highest BCUT2D eigenvalue weighted by Crippen LogP contribution is 2.54. The molecule has 3 N–H and O–H groups in total. The highest BCUT2D eigenvalue weighted by atomic mass is 19.1. The fraction of sp³-hybridized carbons (Fsp3) is 0.208. The van der Waals surface area contributed by atoms with Crippen LogP contribution in [0.1, 0.15) is 23.5 Å². The molecule has 3 aromatic rings. The summed E-state index contributed by atoms with van der Waals surface area (Å²) in [5.41, 5.74) is 1.21. The highest BCUT2D eigenvalue weighted by Gasteiger charge is 2.59. The third-order valence-electron chi connectivity index (χ3n) is 6.16. The van der Waals surface area contributed by atoms with Crippen molar-refractivity contribution in [2.45, 2.75) is 30.9 Å². The van der Waals surface area contributed by atoms with Crippen LogP contribution >= 0.6 is 0 Å². The molecular formula is C24H18F2N4O4. The van der Waals surface area contributed by atoms with E-state index in [1.54, 1.807) is 24.4 Å². The predicted octanol–water partition coefficient (Wildman–Crippen LogP) is 4.09. The van der Waals surface area contributed by atoms with Gasteiger partial charge in [0.25, 0.3) is 0 Å². The lowest BCUT2D eigenvalue weighted by atomic mass is 10.1. The molecule has 10 heteroatoms. The average molecular weight is 464 g/mol. The Morgan fingerprint density at radius 1 is 1.15 bits per heavy atom. The number of urea groups is 1. The maximum atomic E-state index is 13.8. The van der Waals surface area contributed by atoms with Crippen molar-refractivity contribution < 1.29 is 27.8 Å². The molecule has 1 saturated carbocycles. The molecule has 3 unspecified atom stereocenters. The van der Waals surface area contributed by atoms with Crippen LogP contribution in [0.3, 0.4) is 0 Å². The van der Waals surface area contributed by atoms with E-state index in [0.717, 1.165) is 23.3 Å². The van der Waals surface area contributed by atoms with Crippen LogP contribution in [0, 0.1) is 11.6 Å². The Hall–Kier alpha value is -4.21. The Morgan fingerprint density at radius 2 is 1.97 bits per heavy atom. The molecule has 0 saturated heterocycles. The van der Waals surface area contributed by atoms with Gasteiger partial charge in [-0.15, -0.1) is 0 Å². The molecule has 0 bridgehead atoms. The number of nitrogens with one attached hydrogen (secondary N) is 3. The summed E-state index contributed by atoms with van der Waals surface area (Å²) in [5.74, 6) is 0.508. The first kappa shape index (κ1) is 20.4. The zero-order valence-corrected chi connectivity index (χ0v) is 17.6. The Kier molecular flexibility index (Phi) is 4.61. The van der Waals surface area contributed by atoms with E-state index in [2.05, 4.69) is 20.9 Å². The SMILES string of the molecule is O=C1CCc2c(Oc3ccc4c(c3)C3C(NC(=O)Nc5c(F)cccc5F)C3O4)ccnc2N1. The van der Waals surface area contributed by atoms with E-state index in [4.69, 9.17) is 9.47 Å². The highest BCUT2D eigenvalue weighted by molar-refractivity contribution is 5.93. The van der Waals surface area contributed by atoms with Gasteiger partial charge in [0.15, 0.2) is 0 Å². The van der Waals surface area contributed by atoms with Crippen LogP contribution in [-0.2, 0) is 11.2 Å². The van der Waals surface area contributed by atoms with Gasteiger partial charge in [0.1, 0.15) is 46.5 Å². The van der Waals surface area contributed by atoms with Crippen LogP contribution in [0.4, 0.5) is 25.1 Å². The Bertz CT molecular complexity index is 1330. The molecule has 3 atom stereocenters. The van der Waals surface area contributed by atoms with Crippen molar-refractivity contribution in [3.05, 3.63) is 71.4 Å². The lowest BCUT2D eigenvalue weighted by Crippen LogP contribution is -2.34. The number of pyridine rings is 1. The number of hydrogen-bond acceptors (Lipinski definition) is 5. The number of para-hydroxylation sites is 1. The van der Waals surface area contributed by atoms with Crippen molar-refractivity contribution in [2.75, 3.05) is 10.6 Å². The van der Waals surface area contributed by atoms with Gasteiger partial charge in [0.2, 0.25) is 5.91 Å². The number of rotatable bonds is 4. The lowest BCUT2D eigenvalue weighted by Gasteiger charge is -2.19. The minimum atomic E-state index is -0.854. The topological polar surface area (TPSA) is 102 Å². The molecule has 6 rings (SSSR count). The minimum Gasteiger partial charge on any atom is -0.487 e. The summed E-state index contributed by atoms with van der Waals surface area (Å²) in [6.45, 7) is 0. The van der Waals surface area contributed by atoms with E-state index in [-0.39, 0.29) is 24.0 Å². The molecule has 0 radical (unpaired) electrons. The number of carbonyl (C=O) groups excluding carboxylic acids is 2. The number of hydrogen-bond donors (Lipinski definition) is 3. The molecule has 0 spiro atoms. The van der Waals surface area contributed by atoms with Crippen molar-refractivity contribution in [2.24, 2.45) is 0 Å². The average Bonchev–Trinajstić information content (AvgIpc) is 3.32. The number of aromatic nitrogens is 1. The van der Waals surface area contributed by atoms with Crippen LogP contribution in [-0.4, -0.2) is 29.1 Å². The van der Waals surface area contributed by atoms with Crippen LogP contribution in [0.25, 0.3) is 0 Å². The van der Waals surface area contributed by atoms with Gasteiger partial charge in [-0.1, -0.05) is 6.07 Å². The molecule has 1 fully saturated rings. The molecule has 3 amide bonds. The van der Waals surface area contributed by atoms with Crippen LogP contribution in [0.5, 0.6) is 17.2 Å². The van der Waals surface area contributed by atoms with E-state index in [1.165, 1.54) is 6.07 Å². The van der Waals surface area contributed by atoms with E-state index >= 15 is 0 Å². The third kappa shape index (κ3) is 3.47. The Labute approximate surface area is 192 Å². The molecule has 2 aromatic carbocycles. The largest absolute Gasteiger partial charge is 0.487 e. The standard InChI is InChI=1S/C24H18F2N4O4/c25-14-2-1-3-15(26)20(14)29-24(32)30-21-19-13-10-11(4-6-16(13)34-22(19)21)33-17-8-9-27-23-12(17)5-7-18(31)28-23/h1-4,6,8-10,19,21-22H,5,7H2,(H,27,28,31)(H2,29,30,32). The lowest BCUT2D eigenvalue weighted by molar-refractivity contribution is -0.116. The first-order chi connectivity index (χ1) is 16.5. The summed E-state index contributed by atoms with van der Waals surface area (Å²) < 4.78 is 39.6. The maximum absolute atomic E-state index is 13.8. The number of halogens is 2. The van der Waals surface area contributed by atoms with Crippen molar-refractivity contribution in [1.29, 1.82) is 0 Å². The van der Waals surface area contributed by atoms with Gasteiger partial charge in [0.05, 0.1) is 12.0 Å². The molecular weight excluding hydrogens is 446 g/mol. The van der Waals surface area contributed by atoms with Crippen LogP contribution < -0.4 is 25.4 Å². The van der Waals surface area contributed by atoms with Gasteiger partial charge in [-0.2, -0.15) is 0 Å². The molecule has 172 valence electrons. The van der Waals surface area contributed by atoms with Gasteiger partial charge < -0.3 is 25.4 Å². The molecule has 3 aliphatic rings. The maximum Gasteiger partial charge on any atom is 0.319 e. The first-order valence-corrected chi connectivity index (χ1v) is 10.8. The minimum absolute atomic E-state index is 0.0769. The smallest absolute Gasteiger partial charge is 0.319 e. The first-order valence-electron chi connectivity index (χ1n) is 10.8. The van der Waals surface area contributed by atoms with E-state index in [9.17, 15) is 18.4 Å². The molecule has 34 heavy (non-hydrogen) atoms. The van der Waals surface area contributed by atoms with Gasteiger partial charge in [0, 0.05) is 23.7 Å². The number of nitrogens with zero attached hydrogens (tertiary/aromatic N) is 1. The summed E-state index contributed by atoms with van der Waals surface area (Å²) in [7, 11) is 0. The molecule has 8 nitrogen and oxygen atoms in total. The van der Waals surface area contributed by atoms with Crippen molar-refractivity contribution >= 4 is 23.4 Å². The molecule has 1 aliphatic carbocycles. The predicted molar refractivity (Wildman–Crippen MR) is 117 cm³/mol. The van der Waals surface area contributed by atoms with Gasteiger partial charge in [-0.3, -0.25) is 4.79 Å². The van der Waals surface area contributed by atoms with Crippen molar-refractivity contribution in [1.82, 2.24) is 10.3 Å². The zero-order chi connectivity index (χ0) is 23.4. The third-order valence-corrected chi connectivity index (χ3v) is 6.16. The number of benzene rings is 2. The second-order valence-electron chi connectivity index (χ2n) is 8.32. The second kappa shape index (κ2) is 7.68. The normalized spacial score (nSPS) is 21.4. The summed E-state index contributed by atoms with van der Waals surface area (Å²) in [5, 5.41) is 7.69. The van der Waals surface area contributed by atoms with Crippen molar-refractivity contribution in [3.8, 4) is 17.2 Å². The monoisotopic (exact) mass is 464 g/mol. The Morgan fingerprint density at radius 3 is 2.79 bits per heavy atom. The van der Waals surface area contributed by atoms with Gasteiger partial charge >= 0.3 is 6.03 Å². The summed E-state index contributed by atoms with van der Waals surface area (Å²) in [4.78, 5) is 28.1. The molecule has 3 heterocycles. The number of anilines is 2. The van der Waals surface area contributed by atoms with Gasteiger partial charge in [-0.25, -0.2) is 18.6 Å². The van der Waals surface area contributed by atoms with Gasteiger partial charge in [-0.05, 0) is 42.8 Å². The fourth-order valence-corrected chi connectivity index (χ4v) is 4.47. The number of ether oxygens (including phenoxy) is 2. The van der Waals surface area contributed by atoms with E-state index in [1.807, 2.05) is 6.07 Å². The van der Waals surface area contributed by atoms with E-state index in [0.29, 0.717) is 35.9 Å². The summed E-state index contributed by atoms with van der Waals surface area (Å²) in [6, 6.07) is 9.50. The van der Waals surface area contributed by atoms with Crippen LogP contribution in [0.15, 0.2) is 48.7 Å². The number of fused-ring (bicyclic) bond motifs is 4. The second-order valence-corrected chi connectivity index (χ2v) is 8.32.